The van der Waals surface area contributed by atoms with Crippen LogP contribution in [-0.2, 0) is 9.53 Å². The molecule has 1 aliphatic rings. The van der Waals surface area contributed by atoms with E-state index in [4.69, 9.17) is 9.47 Å². The summed E-state index contributed by atoms with van der Waals surface area (Å²) in [5.41, 5.74) is 0.440. The normalized spacial score (nSPS) is 18.0. The van der Waals surface area contributed by atoms with Gasteiger partial charge in [0.1, 0.15) is 5.75 Å². The molecule has 2 unspecified atom stereocenters. The van der Waals surface area contributed by atoms with Crippen LogP contribution in [0.25, 0.3) is 0 Å². The van der Waals surface area contributed by atoms with Crippen molar-refractivity contribution in [1.82, 2.24) is 10.2 Å². The van der Waals surface area contributed by atoms with Crippen molar-refractivity contribution in [2.24, 2.45) is 0 Å². The lowest BCUT2D eigenvalue weighted by Gasteiger charge is -2.35. The van der Waals surface area contributed by atoms with Crippen LogP contribution in [0.2, 0.25) is 0 Å². The Labute approximate surface area is 136 Å². The summed E-state index contributed by atoms with van der Waals surface area (Å²) in [5.74, 6) is 0.227. The number of aldehydes is 1. The van der Waals surface area contributed by atoms with Crippen molar-refractivity contribution >= 4 is 12.2 Å². The summed E-state index contributed by atoms with van der Waals surface area (Å²) < 4.78 is 10.8. The molecular formula is C17H24N2O4. The zero-order chi connectivity index (χ0) is 16.7. The monoisotopic (exact) mass is 320 g/mol. The highest BCUT2D eigenvalue weighted by Crippen LogP contribution is 2.15. The highest BCUT2D eigenvalue weighted by atomic mass is 16.5. The molecule has 1 N–H and O–H groups in total. The number of hydrogen-bond acceptors (Lipinski definition) is 5. The van der Waals surface area contributed by atoms with E-state index in [0.29, 0.717) is 11.3 Å². The average Bonchev–Trinajstić information content (AvgIpc) is 2.60. The first-order valence-electron chi connectivity index (χ1n) is 7.90. The van der Waals surface area contributed by atoms with E-state index in [1.54, 1.807) is 24.3 Å². The third kappa shape index (κ3) is 5.04. The second kappa shape index (κ2) is 8.64. The highest BCUT2D eigenvalue weighted by molar-refractivity contribution is 5.80. The summed E-state index contributed by atoms with van der Waals surface area (Å²) in [4.78, 5) is 25.3. The van der Waals surface area contributed by atoms with Gasteiger partial charge in [0.05, 0.1) is 18.8 Å². The fraction of sp³-hybridized carbons (Fsp3) is 0.529. The lowest BCUT2D eigenvalue weighted by atomic mass is 10.1. The maximum Gasteiger partial charge on any atom is 0.258 e. The molecule has 0 saturated carbocycles. The molecule has 1 fully saturated rings. The Morgan fingerprint density at radius 3 is 2.74 bits per heavy atom. The number of nitrogens with zero attached hydrogens (tertiary/aromatic N) is 1. The molecule has 0 spiro atoms. The molecule has 1 aromatic rings. The van der Waals surface area contributed by atoms with Gasteiger partial charge in [-0.15, -0.1) is 0 Å². The average molecular weight is 320 g/mol. The van der Waals surface area contributed by atoms with E-state index in [-0.39, 0.29) is 24.6 Å². The third-order valence-corrected chi connectivity index (χ3v) is 4.14. The summed E-state index contributed by atoms with van der Waals surface area (Å²) >= 11 is 0. The first-order valence-corrected chi connectivity index (χ1v) is 7.90. The van der Waals surface area contributed by atoms with E-state index in [9.17, 15) is 9.59 Å². The molecule has 0 aromatic heterocycles. The molecule has 0 radical (unpaired) electrons. The van der Waals surface area contributed by atoms with Gasteiger partial charge in [0, 0.05) is 25.2 Å². The Bertz CT molecular complexity index is 529. The van der Waals surface area contributed by atoms with E-state index in [0.717, 1.165) is 32.6 Å². The minimum atomic E-state index is -0.196. The third-order valence-electron chi connectivity index (χ3n) is 4.14. The lowest BCUT2D eigenvalue weighted by Crippen LogP contribution is -2.52. The van der Waals surface area contributed by atoms with Gasteiger partial charge in [0.25, 0.3) is 5.91 Å². The van der Waals surface area contributed by atoms with Gasteiger partial charge in [-0.2, -0.15) is 0 Å². The SMILES string of the molecule is CC(NC(=O)COc1ccccc1C=O)C(C)N1CCOCC1. The summed E-state index contributed by atoms with van der Waals surface area (Å²) in [6.45, 7) is 7.20. The summed E-state index contributed by atoms with van der Waals surface area (Å²) in [6, 6.07) is 7.09. The second-order valence-electron chi connectivity index (χ2n) is 5.69. The van der Waals surface area contributed by atoms with E-state index in [2.05, 4.69) is 17.1 Å². The number of carbonyl (C=O) groups is 2. The van der Waals surface area contributed by atoms with Gasteiger partial charge >= 0.3 is 0 Å². The van der Waals surface area contributed by atoms with Gasteiger partial charge in [-0.3, -0.25) is 14.5 Å². The van der Waals surface area contributed by atoms with Crippen LogP contribution < -0.4 is 10.1 Å². The van der Waals surface area contributed by atoms with Gasteiger partial charge in [0.15, 0.2) is 12.9 Å². The zero-order valence-corrected chi connectivity index (χ0v) is 13.7. The van der Waals surface area contributed by atoms with Gasteiger partial charge in [-0.1, -0.05) is 12.1 Å². The van der Waals surface area contributed by atoms with Crippen molar-refractivity contribution in [1.29, 1.82) is 0 Å². The molecule has 0 bridgehead atoms. The Morgan fingerprint density at radius 2 is 2.04 bits per heavy atom. The van der Waals surface area contributed by atoms with Crippen molar-refractivity contribution in [3.63, 3.8) is 0 Å². The lowest BCUT2D eigenvalue weighted by molar-refractivity contribution is -0.124. The molecule has 2 rings (SSSR count). The number of nitrogens with one attached hydrogen (secondary N) is 1. The maximum absolute atomic E-state index is 12.0. The summed E-state index contributed by atoms with van der Waals surface area (Å²) in [6.07, 6.45) is 0.719. The number of benzene rings is 1. The molecular weight excluding hydrogens is 296 g/mol. The fourth-order valence-electron chi connectivity index (χ4n) is 2.57. The Balaban J connectivity index is 1.80. The predicted molar refractivity (Wildman–Crippen MR) is 86.8 cm³/mol. The number of ether oxygens (including phenoxy) is 2. The minimum Gasteiger partial charge on any atom is -0.483 e. The zero-order valence-electron chi connectivity index (χ0n) is 13.7. The number of carbonyl (C=O) groups excluding carboxylic acids is 2. The smallest absolute Gasteiger partial charge is 0.258 e. The fourth-order valence-corrected chi connectivity index (χ4v) is 2.57. The quantitative estimate of drug-likeness (QED) is 0.762. The number of para-hydroxylation sites is 1. The minimum absolute atomic E-state index is 0.00511. The van der Waals surface area contributed by atoms with Gasteiger partial charge in [-0.25, -0.2) is 0 Å². The summed E-state index contributed by atoms with van der Waals surface area (Å²) in [7, 11) is 0. The van der Waals surface area contributed by atoms with Crippen LogP contribution in [0.5, 0.6) is 5.75 Å². The van der Waals surface area contributed by atoms with Crippen LogP contribution in [0.4, 0.5) is 0 Å². The maximum atomic E-state index is 12.0. The Kier molecular flexibility index (Phi) is 6.55. The first-order chi connectivity index (χ1) is 11.1. The van der Waals surface area contributed by atoms with Crippen LogP contribution in [0.3, 0.4) is 0 Å². The Hall–Kier alpha value is -1.92. The predicted octanol–water partition coefficient (Wildman–Crippen LogP) is 1.10. The van der Waals surface area contributed by atoms with Gasteiger partial charge in [0.2, 0.25) is 0 Å². The first kappa shape index (κ1) is 17.4. The van der Waals surface area contributed by atoms with Crippen molar-refractivity contribution in [3.05, 3.63) is 29.8 Å². The van der Waals surface area contributed by atoms with E-state index in [1.165, 1.54) is 0 Å². The molecule has 1 amide bonds. The van der Waals surface area contributed by atoms with Crippen LogP contribution >= 0.6 is 0 Å². The molecule has 1 heterocycles. The molecule has 6 heteroatoms. The summed E-state index contributed by atoms with van der Waals surface area (Å²) in [5, 5.41) is 2.95. The van der Waals surface area contributed by atoms with Crippen molar-refractivity contribution in [2.45, 2.75) is 25.9 Å². The van der Waals surface area contributed by atoms with E-state index in [1.807, 2.05) is 6.92 Å². The number of hydrogen-bond donors (Lipinski definition) is 1. The number of morpholine rings is 1. The Morgan fingerprint density at radius 1 is 1.35 bits per heavy atom. The molecule has 1 aliphatic heterocycles. The van der Waals surface area contributed by atoms with E-state index < -0.39 is 0 Å². The van der Waals surface area contributed by atoms with Crippen LogP contribution in [-0.4, -0.2) is 62.1 Å². The van der Waals surface area contributed by atoms with E-state index >= 15 is 0 Å². The standard InChI is InChI=1S/C17H24N2O4/c1-13(14(2)19-7-9-22-10-8-19)18-17(21)12-23-16-6-4-3-5-15(16)11-20/h3-6,11,13-14H,7-10,12H2,1-2H3,(H,18,21). The highest BCUT2D eigenvalue weighted by Gasteiger charge is 2.23. The number of amides is 1. The molecule has 6 nitrogen and oxygen atoms in total. The van der Waals surface area contributed by atoms with Crippen LogP contribution in [0, 0.1) is 0 Å². The molecule has 2 atom stereocenters. The van der Waals surface area contributed by atoms with Crippen LogP contribution in [0.1, 0.15) is 24.2 Å². The van der Waals surface area contributed by atoms with Crippen molar-refractivity contribution in [2.75, 3.05) is 32.9 Å². The number of rotatable bonds is 7. The second-order valence-corrected chi connectivity index (χ2v) is 5.69. The van der Waals surface area contributed by atoms with Gasteiger partial charge < -0.3 is 14.8 Å². The topological polar surface area (TPSA) is 67.9 Å². The van der Waals surface area contributed by atoms with Crippen molar-refractivity contribution in [3.8, 4) is 5.75 Å². The molecule has 1 aromatic carbocycles. The van der Waals surface area contributed by atoms with Crippen LogP contribution in [0.15, 0.2) is 24.3 Å². The van der Waals surface area contributed by atoms with Crippen molar-refractivity contribution < 1.29 is 19.1 Å². The molecule has 1 saturated heterocycles. The largest absolute Gasteiger partial charge is 0.483 e. The molecule has 23 heavy (non-hydrogen) atoms. The molecule has 126 valence electrons. The molecule has 0 aliphatic carbocycles. The van der Waals surface area contributed by atoms with Gasteiger partial charge in [-0.05, 0) is 26.0 Å².